The first kappa shape index (κ1) is 28.1. The van der Waals surface area contributed by atoms with Crippen molar-refractivity contribution in [3.05, 3.63) is 89.1 Å². The quantitative estimate of drug-likeness (QED) is 0.264. The third-order valence-corrected chi connectivity index (χ3v) is 7.25. The van der Waals surface area contributed by atoms with Gasteiger partial charge in [-0.05, 0) is 53.9 Å². The second kappa shape index (κ2) is 12.3. The van der Waals surface area contributed by atoms with E-state index in [1.165, 1.54) is 18.4 Å². The van der Waals surface area contributed by atoms with Gasteiger partial charge in [0.1, 0.15) is 6.04 Å². The molecule has 0 fully saturated rings. The lowest BCUT2D eigenvalue weighted by Gasteiger charge is -2.24. The summed E-state index contributed by atoms with van der Waals surface area (Å²) in [7, 11) is 1.48. The Labute approximate surface area is 232 Å². The molecule has 4 rings (SSSR count). The Kier molecular flexibility index (Phi) is 8.86. The highest BCUT2D eigenvalue weighted by Crippen LogP contribution is 2.29. The minimum atomic E-state index is -0.903. The maximum Gasteiger partial charge on any atom is 0.252 e. The number of thiazole rings is 1. The Morgan fingerprint density at radius 3 is 2.54 bits per heavy atom. The molecular weight excluding hydrogens is 510 g/mol. The number of methoxy groups -OCH3 is 1. The maximum atomic E-state index is 13.1. The molecule has 4 aromatic rings. The Morgan fingerprint density at radius 1 is 1.05 bits per heavy atom. The van der Waals surface area contributed by atoms with Crippen LogP contribution in [0.15, 0.2) is 72.2 Å². The number of ether oxygens (including phenoxy) is 1. The van der Waals surface area contributed by atoms with Gasteiger partial charge in [-0.2, -0.15) is 0 Å². The molecule has 0 aliphatic rings. The summed E-state index contributed by atoms with van der Waals surface area (Å²) in [5.74, 6) is -0.782. The molecule has 2 aromatic heterocycles. The number of nitrogens with two attached hydrogens (primary N) is 1. The summed E-state index contributed by atoms with van der Waals surface area (Å²) in [6.45, 7) is 6.45. The van der Waals surface area contributed by atoms with Crippen molar-refractivity contribution in [1.29, 1.82) is 0 Å². The van der Waals surface area contributed by atoms with Crippen LogP contribution in [0.25, 0.3) is 22.4 Å². The molecule has 202 valence electrons. The zero-order valence-electron chi connectivity index (χ0n) is 22.5. The number of carbonyl (C=O) groups is 2. The maximum absolute atomic E-state index is 13.1. The van der Waals surface area contributed by atoms with Gasteiger partial charge in [-0.1, -0.05) is 44.2 Å². The second-order valence-electron chi connectivity index (χ2n) is 9.94. The van der Waals surface area contributed by atoms with E-state index in [1.54, 1.807) is 18.3 Å². The molecule has 2 amide bonds. The van der Waals surface area contributed by atoms with E-state index in [0.29, 0.717) is 17.2 Å². The van der Waals surface area contributed by atoms with Crippen molar-refractivity contribution in [2.45, 2.75) is 32.2 Å². The van der Waals surface area contributed by atoms with Crippen LogP contribution in [0, 0.1) is 6.92 Å². The highest BCUT2D eigenvalue weighted by atomic mass is 32.1. The van der Waals surface area contributed by atoms with Crippen molar-refractivity contribution >= 4 is 28.3 Å². The van der Waals surface area contributed by atoms with Crippen molar-refractivity contribution in [2.75, 3.05) is 25.6 Å². The third kappa shape index (κ3) is 6.94. The lowest BCUT2D eigenvalue weighted by molar-refractivity contribution is -0.119. The average Bonchev–Trinajstić information content (AvgIpc) is 3.41. The van der Waals surface area contributed by atoms with Crippen LogP contribution in [0.2, 0.25) is 0 Å². The lowest BCUT2D eigenvalue weighted by atomic mass is 9.84. The fourth-order valence-corrected chi connectivity index (χ4v) is 4.75. The topological polar surface area (TPSA) is 119 Å². The first-order valence-electron chi connectivity index (χ1n) is 12.6. The number of carbonyl (C=O) groups excluding carboxylic acids is 2. The molecule has 1 atom stereocenters. The molecule has 2 aromatic carbocycles. The summed E-state index contributed by atoms with van der Waals surface area (Å²) in [6, 6.07) is 18.4. The molecule has 4 N–H and O–H groups in total. The summed E-state index contributed by atoms with van der Waals surface area (Å²) in [6.07, 6.45) is 1.79. The summed E-state index contributed by atoms with van der Waals surface area (Å²) in [5.41, 5.74) is 11.8. The number of rotatable bonds is 10. The molecule has 9 heteroatoms. The Morgan fingerprint density at radius 2 is 1.79 bits per heavy atom. The van der Waals surface area contributed by atoms with Gasteiger partial charge in [-0.15, -0.1) is 11.3 Å². The molecule has 0 aliphatic carbocycles. The Hall–Kier alpha value is -3.92. The van der Waals surface area contributed by atoms with Gasteiger partial charge >= 0.3 is 0 Å². The third-order valence-electron chi connectivity index (χ3n) is 6.49. The zero-order valence-corrected chi connectivity index (χ0v) is 23.3. The number of pyridine rings is 1. The van der Waals surface area contributed by atoms with Gasteiger partial charge in [0.15, 0.2) is 5.13 Å². The van der Waals surface area contributed by atoms with Crippen molar-refractivity contribution in [2.24, 2.45) is 5.73 Å². The van der Waals surface area contributed by atoms with Crippen LogP contribution < -0.4 is 16.4 Å². The summed E-state index contributed by atoms with van der Waals surface area (Å²) in [4.78, 5) is 35.0. The first-order valence-corrected chi connectivity index (χ1v) is 13.5. The van der Waals surface area contributed by atoms with Gasteiger partial charge < -0.3 is 21.1 Å². The van der Waals surface area contributed by atoms with Crippen LogP contribution in [0.3, 0.4) is 0 Å². The van der Waals surface area contributed by atoms with E-state index in [-0.39, 0.29) is 17.9 Å². The van der Waals surface area contributed by atoms with Crippen LogP contribution >= 0.6 is 11.3 Å². The minimum absolute atomic E-state index is 0.0111. The lowest BCUT2D eigenvalue weighted by Crippen LogP contribution is -2.46. The second-order valence-corrected chi connectivity index (χ2v) is 10.8. The van der Waals surface area contributed by atoms with Crippen LogP contribution in [0.4, 0.5) is 5.13 Å². The molecule has 0 bridgehead atoms. The average molecular weight is 544 g/mol. The van der Waals surface area contributed by atoms with Gasteiger partial charge in [0.25, 0.3) is 11.8 Å². The smallest absolute Gasteiger partial charge is 0.252 e. The number of hydrogen-bond donors (Lipinski definition) is 3. The van der Waals surface area contributed by atoms with Crippen molar-refractivity contribution in [3.8, 4) is 22.4 Å². The summed E-state index contributed by atoms with van der Waals surface area (Å²) in [5, 5.41) is 7.93. The van der Waals surface area contributed by atoms with Crippen LogP contribution in [-0.4, -0.2) is 48.1 Å². The predicted molar refractivity (Wildman–Crippen MR) is 156 cm³/mol. The van der Waals surface area contributed by atoms with E-state index >= 15 is 0 Å². The van der Waals surface area contributed by atoms with Crippen LogP contribution in [-0.2, 0) is 14.9 Å². The Balaban J connectivity index is 1.46. The fourth-order valence-electron chi connectivity index (χ4n) is 4.03. The molecule has 0 radical (unpaired) electrons. The SMILES string of the molecule is COCC(NC(=O)c1cccc(C(C)(C)CN)c1)C(=O)Nc1nc(-c2cccc(-c3ccnc(C)c3)c2)cs1. The number of aryl methyl sites for hydroxylation is 1. The summed E-state index contributed by atoms with van der Waals surface area (Å²) >= 11 is 1.32. The number of nitrogens with zero attached hydrogens (tertiary/aromatic N) is 2. The molecule has 8 nitrogen and oxygen atoms in total. The van der Waals surface area contributed by atoms with E-state index in [0.717, 1.165) is 33.6 Å². The predicted octanol–water partition coefficient (Wildman–Crippen LogP) is 4.80. The van der Waals surface area contributed by atoms with Crippen LogP contribution in [0.5, 0.6) is 0 Å². The van der Waals surface area contributed by atoms with Gasteiger partial charge in [-0.3, -0.25) is 14.6 Å². The standard InChI is InChI=1S/C30H33N5O3S/c1-19-13-21(11-12-32-19)20-7-5-8-22(14-20)26-17-39-29(34-26)35-28(37)25(16-38-4)33-27(36)23-9-6-10-24(15-23)30(2,3)18-31/h5-15,17,25H,16,18,31H2,1-4H3,(H,33,36)(H,34,35,37). The summed E-state index contributed by atoms with van der Waals surface area (Å²) < 4.78 is 5.22. The highest BCUT2D eigenvalue weighted by Gasteiger charge is 2.24. The van der Waals surface area contributed by atoms with Crippen molar-refractivity contribution in [1.82, 2.24) is 15.3 Å². The minimum Gasteiger partial charge on any atom is -0.382 e. The number of nitrogens with one attached hydrogen (secondary N) is 2. The van der Waals surface area contributed by atoms with E-state index in [9.17, 15) is 9.59 Å². The van der Waals surface area contributed by atoms with Gasteiger partial charge in [0, 0.05) is 47.5 Å². The monoisotopic (exact) mass is 543 g/mol. The van der Waals surface area contributed by atoms with Crippen molar-refractivity contribution < 1.29 is 14.3 Å². The number of anilines is 1. The largest absolute Gasteiger partial charge is 0.382 e. The zero-order chi connectivity index (χ0) is 28.0. The number of amides is 2. The Bertz CT molecular complexity index is 1470. The number of aromatic nitrogens is 2. The highest BCUT2D eigenvalue weighted by molar-refractivity contribution is 7.14. The molecule has 0 aliphatic heterocycles. The van der Waals surface area contributed by atoms with E-state index in [4.69, 9.17) is 10.5 Å². The van der Waals surface area contributed by atoms with Gasteiger partial charge in [0.05, 0.1) is 12.3 Å². The molecule has 39 heavy (non-hydrogen) atoms. The normalized spacial score (nSPS) is 12.1. The molecule has 0 spiro atoms. The molecule has 0 saturated carbocycles. The molecule has 0 saturated heterocycles. The molecule has 2 heterocycles. The van der Waals surface area contributed by atoms with Crippen LogP contribution in [0.1, 0.15) is 35.5 Å². The van der Waals surface area contributed by atoms with Gasteiger partial charge in [-0.25, -0.2) is 4.98 Å². The van der Waals surface area contributed by atoms with E-state index < -0.39 is 11.9 Å². The molecular formula is C30H33N5O3S. The molecule has 1 unspecified atom stereocenters. The van der Waals surface area contributed by atoms with E-state index in [1.807, 2.05) is 68.6 Å². The van der Waals surface area contributed by atoms with Crippen molar-refractivity contribution in [3.63, 3.8) is 0 Å². The van der Waals surface area contributed by atoms with Gasteiger partial charge in [0.2, 0.25) is 0 Å². The first-order chi connectivity index (χ1) is 18.7. The number of benzene rings is 2. The number of hydrogen-bond acceptors (Lipinski definition) is 7. The van der Waals surface area contributed by atoms with E-state index in [2.05, 4.69) is 26.7 Å². The fraction of sp³-hybridized carbons (Fsp3) is 0.267.